The first-order valence-electron chi connectivity index (χ1n) is 10.4. The van der Waals surface area contributed by atoms with Crippen LogP contribution in [0.2, 0.25) is 0 Å². The first-order valence-corrected chi connectivity index (χ1v) is 10.4. The number of aliphatic carboxylic acids is 1. The summed E-state index contributed by atoms with van der Waals surface area (Å²) in [6.45, 7) is 1.65. The molecule has 0 heterocycles. The molecule has 3 aromatic carbocycles. The van der Waals surface area contributed by atoms with Gasteiger partial charge in [-0.2, -0.15) is 0 Å². The van der Waals surface area contributed by atoms with Crippen molar-refractivity contribution in [2.24, 2.45) is 0 Å². The minimum absolute atomic E-state index is 0.0154. The summed E-state index contributed by atoms with van der Waals surface area (Å²) in [5.74, 6) is -1.36. The summed E-state index contributed by atoms with van der Waals surface area (Å²) in [4.78, 5) is 10.6. The van der Waals surface area contributed by atoms with E-state index in [0.29, 0.717) is 6.04 Å². The zero-order valence-corrected chi connectivity index (χ0v) is 17.0. The standard InChI is InChI=1S/C25H26FNO3/c1-16(21-8-4-6-17-5-2-3-7-22(17)21)27-20-11-9-18(13-20)19-10-12-24(23(26)14-19)30-15-25(28)29/h2-8,10,12,14,16,18,20,27H,9,11,13,15H2,1H3,(H,28,29)/t16?,18?,20-/m0/s1. The lowest BCUT2D eigenvalue weighted by Gasteiger charge is -2.21. The molecule has 4 nitrogen and oxygen atoms in total. The third-order valence-corrected chi connectivity index (χ3v) is 5.99. The molecule has 3 atom stereocenters. The Morgan fingerprint density at radius 2 is 1.97 bits per heavy atom. The maximum Gasteiger partial charge on any atom is 0.341 e. The lowest BCUT2D eigenvalue weighted by atomic mass is 9.96. The van der Waals surface area contributed by atoms with E-state index in [9.17, 15) is 9.18 Å². The Bertz CT molecular complexity index is 1050. The Balaban J connectivity index is 1.41. The minimum Gasteiger partial charge on any atom is -0.479 e. The van der Waals surface area contributed by atoms with Crippen LogP contribution in [0.5, 0.6) is 5.75 Å². The minimum atomic E-state index is -1.12. The van der Waals surface area contributed by atoms with Gasteiger partial charge in [0, 0.05) is 12.1 Å². The van der Waals surface area contributed by atoms with Gasteiger partial charge in [0.05, 0.1) is 0 Å². The molecule has 1 aliphatic carbocycles. The second-order valence-electron chi connectivity index (χ2n) is 8.04. The molecule has 3 aromatic rings. The van der Waals surface area contributed by atoms with Gasteiger partial charge < -0.3 is 15.2 Å². The van der Waals surface area contributed by atoms with E-state index in [2.05, 4.69) is 54.7 Å². The van der Waals surface area contributed by atoms with Gasteiger partial charge in [-0.3, -0.25) is 0 Å². The number of hydrogen-bond donors (Lipinski definition) is 2. The number of fused-ring (bicyclic) bond motifs is 1. The monoisotopic (exact) mass is 407 g/mol. The highest BCUT2D eigenvalue weighted by Gasteiger charge is 2.28. The summed E-state index contributed by atoms with van der Waals surface area (Å²) in [5.41, 5.74) is 2.24. The molecule has 0 radical (unpaired) electrons. The van der Waals surface area contributed by atoms with Crippen LogP contribution in [0.15, 0.2) is 60.7 Å². The van der Waals surface area contributed by atoms with Gasteiger partial charge in [0.25, 0.3) is 0 Å². The normalized spacial score (nSPS) is 19.7. The highest BCUT2D eigenvalue weighted by molar-refractivity contribution is 5.86. The Labute approximate surface area is 175 Å². The van der Waals surface area contributed by atoms with Crippen LogP contribution in [0.4, 0.5) is 4.39 Å². The Hall–Kier alpha value is -2.92. The molecule has 1 fully saturated rings. The van der Waals surface area contributed by atoms with Gasteiger partial charge in [0.1, 0.15) is 0 Å². The molecule has 2 unspecified atom stereocenters. The first-order chi connectivity index (χ1) is 14.5. The van der Waals surface area contributed by atoms with Crippen molar-refractivity contribution in [2.45, 2.75) is 44.2 Å². The molecule has 30 heavy (non-hydrogen) atoms. The van der Waals surface area contributed by atoms with Crippen molar-refractivity contribution in [2.75, 3.05) is 6.61 Å². The second-order valence-corrected chi connectivity index (χ2v) is 8.04. The fourth-order valence-corrected chi connectivity index (χ4v) is 4.53. The SMILES string of the molecule is CC(N[C@H]1CCC(c2ccc(OCC(=O)O)c(F)c2)C1)c1cccc2ccccc12. The number of carboxylic acids is 1. The molecule has 1 aliphatic rings. The van der Waals surface area contributed by atoms with E-state index in [1.165, 1.54) is 28.5 Å². The number of ether oxygens (including phenoxy) is 1. The third kappa shape index (κ3) is 4.46. The summed E-state index contributed by atoms with van der Waals surface area (Å²) in [6, 6.07) is 20.3. The molecule has 5 heteroatoms. The van der Waals surface area contributed by atoms with E-state index in [1.54, 1.807) is 0 Å². The van der Waals surface area contributed by atoms with Crippen LogP contribution >= 0.6 is 0 Å². The van der Waals surface area contributed by atoms with Gasteiger partial charge in [-0.25, -0.2) is 9.18 Å². The lowest BCUT2D eigenvalue weighted by molar-refractivity contribution is -0.139. The quantitative estimate of drug-likeness (QED) is 0.548. The topological polar surface area (TPSA) is 58.6 Å². The first kappa shape index (κ1) is 20.4. The number of halogens is 1. The van der Waals surface area contributed by atoms with Crippen molar-refractivity contribution in [3.05, 3.63) is 77.6 Å². The number of hydrogen-bond acceptors (Lipinski definition) is 3. The van der Waals surface area contributed by atoms with E-state index in [1.807, 2.05) is 6.07 Å². The van der Waals surface area contributed by atoms with Crippen LogP contribution in [-0.4, -0.2) is 23.7 Å². The van der Waals surface area contributed by atoms with Crippen molar-refractivity contribution in [3.63, 3.8) is 0 Å². The van der Waals surface area contributed by atoms with Crippen LogP contribution in [0.3, 0.4) is 0 Å². The highest BCUT2D eigenvalue weighted by Crippen LogP contribution is 2.37. The lowest BCUT2D eigenvalue weighted by Crippen LogP contribution is -2.29. The molecule has 0 saturated heterocycles. The van der Waals surface area contributed by atoms with Crippen LogP contribution in [0.25, 0.3) is 10.8 Å². The highest BCUT2D eigenvalue weighted by atomic mass is 19.1. The smallest absolute Gasteiger partial charge is 0.341 e. The molecule has 0 bridgehead atoms. The number of benzene rings is 3. The van der Waals surface area contributed by atoms with Crippen LogP contribution in [0, 0.1) is 5.82 Å². The van der Waals surface area contributed by atoms with Gasteiger partial charge in [0.15, 0.2) is 18.2 Å². The van der Waals surface area contributed by atoms with Gasteiger partial charge in [-0.15, -0.1) is 0 Å². The predicted octanol–water partition coefficient (Wildman–Crippen LogP) is 5.43. The number of rotatable bonds is 7. The van der Waals surface area contributed by atoms with Crippen LogP contribution < -0.4 is 10.1 Å². The summed E-state index contributed by atoms with van der Waals surface area (Å²) >= 11 is 0. The molecular weight excluding hydrogens is 381 g/mol. The van der Waals surface area contributed by atoms with Crippen LogP contribution in [0.1, 0.15) is 49.3 Å². The summed E-state index contributed by atoms with van der Waals surface area (Å²) in [7, 11) is 0. The largest absolute Gasteiger partial charge is 0.479 e. The average molecular weight is 407 g/mol. The third-order valence-electron chi connectivity index (χ3n) is 5.99. The summed E-state index contributed by atoms with van der Waals surface area (Å²) in [5, 5.41) is 15.0. The zero-order valence-electron chi connectivity index (χ0n) is 17.0. The molecule has 0 aliphatic heterocycles. The van der Waals surface area contributed by atoms with Crippen molar-refractivity contribution >= 4 is 16.7 Å². The summed E-state index contributed by atoms with van der Waals surface area (Å²) < 4.78 is 19.3. The number of nitrogens with one attached hydrogen (secondary N) is 1. The molecule has 1 saturated carbocycles. The van der Waals surface area contributed by atoms with Gasteiger partial charge in [0.2, 0.25) is 0 Å². The van der Waals surface area contributed by atoms with E-state index in [4.69, 9.17) is 9.84 Å². The van der Waals surface area contributed by atoms with Crippen molar-refractivity contribution in [3.8, 4) is 5.75 Å². The van der Waals surface area contributed by atoms with Crippen LogP contribution in [-0.2, 0) is 4.79 Å². The van der Waals surface area contributed by atoms with Crippen molar-refractivity contribution < 1.29 is 19.0 Å². The predicted molar refractivity (Wildman–Crippen MR) is 115 cm³/mol. The Morgan fingerprint density at radius 3 is 2.77 bits per heavy atom. The van der Waals surface area contributed by atoms with Gasteiger partial charge in [-0.05, 0) is 66.1 Å². The summed E-state index contributed by atoms with van der Waals surface area (Å²) in [6.07, 6.45) is 2.98. The fourth-order valence-electron chi connectivity index (χ4n) is 4.53. The molecule has 0 aromatic heterocycles. The molecular formula is C25H26FNO3. The zero-order chi connectivity index (χ0) is 21.1. The Morgan fingerprint density at radius 1 is 1.17 bits per heavy atom. The van der Waals surface area contributed by atoms with Crippen molar-refractivity contribution in [1.82, 2.24) is 5.32 Å². The van der Waals surface area contributed by atoms with Gasteiger partial charge in [-0.1, -0.05) is 48.5 Å². The number of carboxylic acid groups (broad SMARTS) is 1. The fraction of sp³-hybridized carbons (Fsp3) is 0.320. The molecule has 4 rings (SSSR count). The molecule has 2 N–H and O–H groups in total. The Kier molecular flexibility index (Phi) is 6.00. The van der Waals surface area contributed by atoms with Crippen molar-refractivity contribution in [1.29, 1.82) is 0 Å². The molecule has 156 valence electrons. The molecule has 0 spiro atoms. The van der Waals surface area contributed by atoms with E-state index >= 15 is 0 Å². The van der Waals surface area contributed by atoms with Gasteiger partial charge >= 0.3 is 5.97 Å². The second kappa shape index (κ2) is 8.84. The maximum absolute atomic E-state index is 14.3. The maximum atomic E-state index is 14.3. The van der Waals surface area contributed by atoms with E-state index in [-0.39, 0.29) is 17.7 Å². The van der Waals surface area contributed by atoms with E-state index < -0.39 is 18.4 Å². The van der Waals surface area contributed by atoms with E-state index in [0.717, 1.165) is 24.8 Å². The average Bonchev–Trinajstić information content (AvgIpc) is 3.20. The number of carbonyl (C=O) groups is 1. The molecule has 0 amide bonds.